The number of carbonyl (C=O) groups is 1. The third-order valence-electron chi connectivity index (χ3n) is 14.1. The van der Waals surface area contributed by atoms with Gasteiger partial charge in [-0.05, 0) is 77.6 Å². The lowest BCUT2D eigenvalue weighted by molar-refractivity contribution is -0.359. The summed E-state index contributed by atoms with van der Waals surface area (Å²) in [6.45, 7) is 2.41. The summed E-state index contributed by atoms with van der Waals surface area (Å²) >= 11 is 0. The van der Waals surface area contributed by atoms with Crippen molar-refractivity contribution in [2.24, 2.45) is 0 Å². The van der Waals surface area contributed by atoms with E-state index in [0.29, 0.717) is 12.8 Å². The minimum Gasteiger partial charge on any atom is -0.394 e. The molecule has 12 unspecified atom stereocenters. The lowest BCUT2D eigenvalue weighted by Gasteiger charge is -2.46. The van der Waals surface area contributed by atoms with Gasteiger partial charge in [0, 0.05) is 6.42 Å². The summed E-state index contributed by atoms with van der Waals surface area (Å²) in [7, 11) is 0. The van der Waals surface area contributed by atoms with E-state index in [-0.39, 0.29) is 18.9 Å². The van der Waals surface area contributed by atoms with E-state index in [1.165, 1.54) is 109 Å². The van der Waals surface area contributed by atoms with Crippen LogP contribution in [0.5, 0.6) is 0 Å². The van der Waals surface area contributed by atoms with Crippen molar-refractivity contribution in [1.29, 1.82) is 0 Å². The Labute approximate surface area is 459 Å². The largest absolute Gasteiger partial charge is 0.394 e. The molecule has 0 saturated carbocycles. The monoisotopic (exact) mass is 1070 g/mol. The first-order valence-electron chi connectivity index (χ1n) is 29.8. The van der Waals surface area contributed by atoms with Crippen LogP contribution in [0.3, 0.4) is 0 Å². The number of carbonyl (C=O) groups excluding carboxylic acids is 1. The van der Waals surface area contributed by atoms with Crippen molar-refractivity contribution in [3.63, 3.8) is 0 Å². The topological polar surface area (TPSA) is 228 Å². The number of aliphatic hydroxyl groups excluding tert-OH is 8. The molecule has 0 aromatic heterocycles. The van der Waals surface area contributed by atoms with Gasteiger partial charge in [-0.2, -0.15) is 0 Å². The van der Waals surface area contributed by atoms with E-state index in [9.17, 15) is 45.6 Å². The summed E-state index contributed by atoms with van der Waals surface area (Å²) in [5, 5.41) is 86.7. The lowest BCUT2D eigenvalue weighted by Crippen LogP contribution is -2.65. The Morgan fingerprint density at radius 3 is 1.45 bits per heavy atom. The molecule has 2 fully saturated rings. The maximum atomic E-state index is 13.2. The summed E-state index contributed by atoms with van der Waals surface area (Å²) in [6.07, 6.45) is 46.9. The van der Waals surface area contributed by atoms with E-state index in [1.54, 1.807) is 6.08 Å². The average molecular weight is 1070 g/mol. The molecular weight excluding hydrogens is 967 g/mol. The molecule has 0 aromatic carbocycles. The molecule has 14 heteroatoms. The highest BCUT2D eigenvalue weighted by atomic mass is 16.7. The number of nitrogens with one attached hydrogen (secondary N) is 1. The Morgan fingerprint density at radius 1 is 0.500 bits per heavy atom. The number of rotatable bonds is 46. The highest BCUT2D eigenvalue weighted by Gasteiger charge is 2.51. The zero-order valence-electron chi connectivity index (χ0n) is 47.0. The second-order valence-electron chi connectivity index (χ2n) is 20.7. The molecule has 2 heterocycles. The molecule has 2 aliphatic heterocycles. The van der Waals surface area contributed by atoms with Crippen LogP contribution in [-0.2, 0) is 23.7 Å². The molecular formula is C62H107NO13. The van der Waals surface area contributed by atoms with Gasteiger partial charge in [-0.1, -0.05) is 208 Å². The smallest absolute Gasteiger partial charge is 0.220 e. The fourth-order valence-corrected chi connectivity index (χ4v) is 9.38. The second kappa shape index (κ2) is 47.0. The first-order chi connectivity index (χ1) is 37.1. The molecule has 2 rings (SSSR count). The fraction of sp³-hybridized carbons (Fsp3) is 0.758. The highest BCUT2D eigenvalue weighted by Crippen LogP contribution is 2.30. The third kappa shape index (κ3) is 32.3. The van der Waals surface area contributed by atoms with Crippen molar-refractivity contribution in [3.05, 3.63) is 85.1 Å². The van der Waals surface area contributed by atoms with Gasteiger partial charge in [0.1, 0.15) is 48.8 Å². The van der Waals surface area contributed by atoms with Gasteiger partial charge >= 0.3 is 0 Å². The Morgan fingerprint density at radius 2 is 0.934 bits per heavy atom. The van der Waals surface area contributed by atoms with Crippen LogP contribution in [0, 0.1) is 0 Å². The lowest BCUT2D eigenvalue weighted by atomic mass is 9.97. The number of amides is 1. The van der Waals surface area contributed by atoms with Gasteiger partial charge in [-0.3, -0.25) is 4.79 Å². The molecule has 12 atom stereocenters. The quantitative estimate of drug-likeness (QED) is 0.0205. The number of unbranched alkanes of at least 4 members (excludes halogenated alkanes) is 22. The summed E-state index contributed by atoms with van der Waals surface area (Å²) in [5.41, 5.74) is 0. The SMILES string of the molecule is C/C=C/CC/C=C/CC/C=C/C(O)C(COC1OC(CO)C(OC2OC(CO)C(O)C(O)C2O)C(O)C1O)NC(=O)CCCCCCCCCCCCCCCCCCCCCC/C=C\C/C=C\C/C=C\C/C=C\CC. The summed E-state index contributed by atoms with van der Waals surface area (Å²) in [4.78, 5) is 13.2. The molecule has 0 bridgehead atoms. The molecule has 0 spiro atoms. The van der Waals surface area contributed by atoms with Gasteiger partial charge in [0.05, 0.1) is 32.0 Å². The molecule has 0 radical (unpaired) electrons. The zero-order valence-corrected chi connectivity index (χ0v) is 47.0. The normalized spacial score (nSPS) is 25.5. The van der Waals surface area contributed by atoms with Crippen LogP contribution in [-0.4, -0.2) is 140 Å². The fourth-order valence-electron chi connectivity index (χ4n) is 9.38. The van der Waals surface area contributed by atoms with Crippen LogP contribution >= 0.6 is 0 Å². The average Bonchev–Trinajstić information content (AvgIpc) is 3.42. The van der Waals surface area contributed by atoms with Gasteiger partial charge in [-0.15, -0.1) is 0 Å². The zero-order chi connectivity index (χ0) is 55.3. The molecule has 0 aliphatic carbocycles. The van der Waals surface area contributed by atoms with Gasteiger partial charge in [-0.25, -0.2) is 0 Å². The third-order valence-corrected chi connectivity index (χ3v) is 14.1. The van der Waals surface area contributed by atoms with E-state index < -0.39 is 86.8 Å². The van der Waals surface area contributed by atoms with E-state index in [2.05, 4.69) is 79.1 Å². The van der Waals surface area contributed by atoms with Crippen LogP contribution < -0.4 is 5.32 Å². The van der Waals surface area contributed by atoms with Crippen LogP contribution in [0.4, 0.5) is 0 Å². The Bertz CT molecular complexity index is 1600. The van der Waals surface area contributed by atoms with Gasteiger partial charge in [0.2, 0.25) is 5.91 Å². The minimum atomic E-state index is -1.79. The molecule has 438 valence electrons. The predicted molar refractivity (Wildman–Crippen MR) is 304 cm³/mol. The molecule has 76 heavy (non-hydrogen) atoms. The second-order valence-corrected chi connectivity index (χ2v) is 20.7. The van der Waals surface area contributed by atoms with Crippen molar-refractivity contribution >= 4 is 5.91 Å². The van der Waals surface area contributed by atoms with Crippen molar-refractivity contribution in [2.45, 2.75) is 280 Å². The Kier molecular flexibility index (Phi) is 42.9. The maximum absolute atomic E-state index is 13.2. The maximum Gasteiger partial charge on any atom is 0.220 e. The van der Waals surface area contributed by atoms with Crippen molar-refractivity contribution in [2.75, 3.05) is 19.8 Å². The molecule has 1 amide bonds. The Balaban J connectivity index is 1.60. The molecule has 0 aromatic rings. The summed E-state index contributed by atoms with van der Waals surface area (Å²) in [5.74, 6) is -0.258. The highest BCUT2D eigenvalue weighted by molar-refractivity contribution is 5.76. The van der Waals surface area contributed by atoms with Gasteiger partial charge < -0.3 is 65.1 Å². The number of hydrogen-bond donors (Lipinski definition) is 9. The van der Waals surface area contributed by atoms with E-state index in [1.807, 2.05) is 19.1 Å². The van der Waals surface area contributed by atoms with Crippen molar-refractivity contribution in [3.8, 4) is 0 Å². The summed E-state index contributed by atoms with van der Waals surface area (Å²) < 4.78 is 22.7. The molecule has 2 saturated heterocycles. The van der Waals surface area contributed by atoms with E-state index in [4.69, 9.17) is 18.9 Å². The Hall–Kier alpha value is -2.83. The summed E-state index contributed by atoms with van der Waals surface area (Å²) in [6, 6.07) is -0.938. The molecule has 2 aliphatic rings. The van der Waals surface area contributed by atoms with Crippen molar-refractivity contribution in [1.82, 2.24) is 5.32 Å². The molecule has 9 N–H and O–H groups in total. The standard InChI is InChI=1S/C62H107NO13/c1-3-5-7-9-11-13-14-15-16-17-18-19-20-21-22-23-24-25-26-27-28-29-30-31-32-33-34-35-36-38-40-42-44-46-54(67)63-50(51(66)45-43-41-39-37-12-10-8-6-4-2)49-73-61-59(72)57(70)60(53(48-65)75-61)76-62-58(71)56(69)55(68)52(47-64)74-62/h4-7,11-13,15-16,18-19,37,43,45,50-53,55-62,64-66,68-72H,3,8-10,14,17,20-36,38-42,44,46-49H2,1-2H3,(H,63,67)/b6-4+,7-5-,13-11-,16-15-,19-18-,37-12+,45-43+. The number of ether oxygens (including phenoxy) is 4. The number of aliphatic hydroxyl groups is 8. The van der Waals surface area contributed by atoms with Crippen molar-refractivity contribution < 1.29 is 64.6 Å². The van der Waals surface area contributed by atoms with E-state index in [0.717, 1.165) is 64.2 Å². The van der Waals surface area contributed by atoms with E-state index >= 15 is 0 Å². The van der Waals surface area contributed by atoms with Gasteiger partial charge in [0.25, 0.3) is 0 Å². The number of allylic oxidation sites excluding steroid dienone is 13. The minimum absolute atomic E-state index is 0.258. The van der Waals surface area contributed by atoms with Crippen LogP contribution in [0.1, 0.15) is 206 Å². The van der Waals surface area contributed by atoms with Gasteiger partial charge in [0.15, 0.2) is 12.6 Å². The van der Waals surface area contributed by atoms with Crippen LogP contribution in [0.25, 0.3) is 0 Å². The number of hydrogen-bond acceptors (Lipinski definition) is 13. The predicted octanol–water partition coefficient (Wildman–Crippen LogP) is 10.1. The van der Waals surface area contributed by atoms with Crippen LogP contribution in [0.2, 0.25) is 0 Å². The van der Waals surface area contributed by atoms with Crippen LogP contribution in [0.15, 0.2) is 85.1 Å². The first kappa shape index (κ1) is 69.3. The molecule has 14 nitrogen and oxygen atoms in total. The first-order valence-corrected chi connectivity index (χ1v) is 29.8.